The zero-order chi connectivity index (χ0) is 11.9. The standard InChI is InChI=1S/C8H4NO5S2/c10-8(11)4-1-2-5-6(15-3-9-5)7(4)16(12,13)14/h1-2H,(H,10,11)(H,12,13,14). The van der Waals surface area contributed by atoms with Crippen molar-refractivity contribution in [1.82, 2.24) is 4.98 Å². The molecule has 1 heterocycles. The first-order chi connectivity index (χ1) is 7.41. The molecule has 2 rings (SSSR count). The number of benzene rings is 1. The summed E-state index contributed by atoms with van der Waals surface area (Å²) < 4.78 is 31.3. The summed E-state index contributed by atoms with van der Waals surface area (Å²) in [6.07, 6.45) is 0. The van der Waals surface area contributed by atoms with Crippen molar-refractivity contribution in [2.45, 2.75) is 4.90 Å². The first kappa shape index (κ1) is 11.0. The second-order valence-electron chi connectivity index (χ2n) is 2.88. The molecular weight excluding hydrogens is 254 g/mol. The fraction of sp³-hybridized carbons (Fsp3) is 0. The molecule has 83 valence electrons. The first-order valence-electron chi connectivity index (χ1n) is 3.91. The van der Waals surface area contributed by atoms with E-state index in [4.69, 9.17) is 9.66 Å². The minimum Gasteiger partial charge on any atom is -0.478 e. The van der Waals surface area contributed by atoms with Crippen LogP contribution >= 0.6 is 11.3 Å². The average Bonchev–Trinajstić information content (AvgIpc) is 2.61. The second kappa shape index (κ2) is 3.51. The highest BCUT2D eigenvalue weighted by Gasteiger charge is 2.24. The Labute approximate surface area is 93.9 Å². The maximum absolute atomic E-state index is 11.1. The lowest BCUT2D eigenvalue weighted by atomic mass is 10.2. The van der Waals surface area contributed by atoms with E-state index in [1.54, 1.807) is 0 Å². The summed E-state index contributed by atoms with van der Waals surface area (Å²) >= 11 is 0.834. The van der Waals surface area contributed by atoms with Crippen LogP contribution in [0.5, 0.6) is 0 Å². The van der Waals surface area contributed by atoms with E-state index >= 15 is 0 Å². The monoisotopic (exact) mass is 258 g/mol. The summed E-state index contributed by atoms with van der Waals surface area (Å²) in [7, 11) is -4.61. The number of carboxylic acids is 1. The van der Waals surface area contributed by atoms with E-state index in [2.05, 4.69) is 10.5 Å². The lowest BCUT2D eigenvalue weighted by Gasteiger charge is -2.03. The molecule has 0 aliphatic rings. The molecule has 2 aromatic rings. The number of nitrogens with zero attached hydrogens (tertiary/aromatic N) is 1. The van der Waals surface area contributed by atoms with Gasteiger partial charge >= 0.3 is 5.97 Å². The van der Waals surface area contributed by atoms with Crippen LogP contribution < -0.4 is 0 Å². The molecule has 0 saturated heterocycles. The van der Waals surface area contributed by atoms with Gasteiger partial charge in [-0.3, -0.25) is 4.55 Å². The average molecular weight is 258 g/mol. The molecular formula is C8H4NO5S2. The van der Waals surface area contributed by atoms with Crippen molar-refractivity contribution in [3.8, 4) is 0 Å². The molecule has 1 radical (unpaired) electrons. The summed E-state index contributed by atoms with van der Waals surface area (Å²) in [4.78, 5) is 13.9. The Morgan fingerprint density at radius 3 is 2.69 bits per heavy atom. The fourth-order valence-electron chi connectivity index (χ4n) is 1.28. The Kier molecular flexibility index (Phi) is 2.41. The lowest BCUT2D eigenvalue weighted by molar-refractivity contribution is 0.0692. The van der Waals surface area contributed by atoms with Crippen LogP contribution in [0.2, 0.25) is 0 Å². The third kappa shape index (κ3) is 1.66. The highest BCUT2D eigenvalue weighted by molar-refractivity contribution is 7.86. The van der Waals surface area contributed by atoms with Crippen LogP contribution in [0.4, 0.5) is 0 Å². The maximum Gasteiger partial charge on any atom is 0.337 e. The topological polar surface area (TPSA) is 105 Å². The number of carboxylic acid groups (broad SMARTS) is 1. The van der Waals surface area contributed by atoms with Crippen molar-refractivity contribution in [2.75, 3.05) is 0 Å². The number of carbonyl (C=O) groups is 1. The Morgan fingerprint density at radius 2 is 2.12 bits per heavy atom. The van der Waals surface area contributed by atoms with E-state index in [1.807, 2.05) is 0 Å². The van der Waals surface area contributed by atoms with E-state index in [1.165, 1.54) is 6.07 Å². The summed E-state index contributed by atoms with van der Waals surface area (Å²) in [5.74, 6) is -1.43. The molecule has 0 aliphatic carbocycles. The highest BCUT2D eigenvalue weighted by atomic mass is 32.2. The predicted octanol–water partition coefficient (Wildman–Crippen LogP) is 1.04. The molecule has 0 bridgehead atoms. The van der Waals surface area contributed by atoms with Gasteiger partial charge in [0.25, 0.3) is 10.1 Å². The highest BCUT2D eigenvalue weighted by Crippen LogP contribution is 2.29. The molecule has 6 nitrogen and oxygen atoms in total. The Bertz CT molecular complexity index is 673. The Balaban J connectivity index is 2.98. The molecule has 0 amide bonds. The minimum atomic E-state index is -4.61. The molecule has 8 heteroatoms. The summed E-state index contributed by atoms with van der Waals surface area (Å²) in [5, 5.41) is 8.82. The Hall–Kier alpha value is -1.51. The van der Waals surface area contributed by atoms with Gasteiger partial charge in [-0.05, 0) is 12.1 Å². The van der Waals surface area contributed by atoms with Crippen molar-refractivity contribution < 1.29 is 22.9 Å². The smallest absolute Gasteiger partial charge is 0.337 e. The van der Waals surface area contributed by atoms with Gasteiger partial charge in [0.05, 0.1) is 15.8 Å². The van der Waals surface area contributed by atoms with Crippen LogP contribution in [0.15, 0.2) is 17.0 Å². The normalized spacial score (nSPS) is 11.8. The Morgan fingerprint density at radius 1 is 1.44 bits per heavy atom. The minimum absolute atomic E-state index is 0.0856. The van der Waals surface area contributed by atoms with Crippen molar-refractivity contribution in [1.29, 1.82) is 0 Å². The summed E-state index contributed by atoms with van der Waals surface area (Å²) in [6.45, 7) is 0. The molecule has 1 aromatic heterocycles. The largest absolute Gasteiger partial charge is 0.478 e. The van der Waals surface area contributed by atoms with Gasteiger partial charge in [-0.2, -0.15) is 8.42 Å². The predicted molar refractivity (Wildman–Crippen MR) is 55.2 cm³/mol. The zero-order valence-electron chi connectivity index (χ0n) is 7.54. The molecule has 0 atom stereocenters. The summed E-state index contributed by atoms with van der Waals surface area (Å²) in [6, 6.07) is 2.45. The van der Waals surface area contributed by atoms with E-state index in [0.717, 1.165) is 17.4 Å². The van der Waals surface area contributed by atoms with Crippen LogP contribution in [0.3, 0.4) is 0 Å². The van der Waals surface area contributed by atoms with Gasteiger partial charge in [0.1, 0.15) is 4.90 Å². The molecule has 0 fully saturated rings. The van der Waals surface area contributed by atoms with Gasteiger partial charge in [0, 0.05) is 0 Å². The van der Waals surface area contributed by atoms with E-state index in [-0.39, 0.29) is 10.2 Å². The second-order valence-corrected chi connectivity index (χ2v) is 5.03. The van der Waals surface area contributed by atoms with Gasteiger partial charge in [-0.25, -0.2) is 9.78 Å². The van der Waals surface area contributed by atoms with Gasteiger partial charge in [0.15, 0.2) is 5.51 Å². The van der Waals surface area contributed by atoms with E-state index in [0.29, 0.717) is 0 Å². The van der Waals surface area contributed by atoms with Crippen LogP contribution in [-0.2, 0) is 10.1 Å². The quantitative estimate of drug-likeness (QED) is 0.780. The molecule has 1 aromatic carbocycles. The van der Waals surface area contributed by atoms with Crippen LogP contribution in [0, 0.1) is 5.51 Å². The molecule has 0 aliphatic heterocycles. The van der Waals surface area contributed by atoms with Gasteiger partial charge in [0.2, 0.25) is 0 Å². The van der Waals surface area contributed by atoms with E-state index in [9.17, 15) is 13.2 Å². The van der Waals surface area contributed by atoms with Crippen LogP contribution in [0.25, 0.3) is 10.2 Å². The third-order valence-electron chi connectivity index (χ3n) is 1.89. The van der Waals surface area contributed by atoms with Gasteiger partial charge < -0.3 is 5.11 Å². The number of thiazole rings is 1. The molecule has 2 N–H and O–H groups in total. The van der Waals surface area contributed by atoms with Gasteiger partial charge in [-0.15, -0.1) is 11.3 Å². The van der Waals surface area contributed by atoms with Crippen molar-refractivity contribution in [3.63, 3.8) is 0 Å². The zero-order valence-corrected chi connectivity index (χ0v) is 9.17. The molecule has 0 unspecified atom stereocenters. The number of hydrogen-bond donors (Lipinski definition) is 2. The van der Waals surface area contributed by atoms with E-state index < -0.39 is 26.5 Å². The SMILES string of the molecule is O=C(O)c1ccc2n[c]sc2c1S(=O)(=O)O. The molecule has 0 saturated carbocycles. The van der Waals surface area contributed by atoms with Crippen LogP contribution in [0.1, 0.15) is 10.4 Å². The molecule has 0 spiro atoms. The van der Waals surface area contributed by atoms with Crippen LogP contribution in [-0.4, -0.2) is 29.0 Å². The first-order valence-corrected chi connectivity index (χ1v) is 6.17. The number of aromatic nitrogens is 1. The summed E-state index contributed by atoms with van der Waals surface area (Å²) in [5.41, 5.74) is 2.24. The molecule has 16 heavy (non-hydrogen) atoms. The number of hydrogen-bond acceptors (Lipinski definition) is 5. The number of rotatable bonds is 2. The third-order valence-corrected chi connectivity index (χ3v) is 3.76. The van der Waals surface area contributed by atoms with Crippen molar-refractivity contribution >= 4 is 37.6 Å². The van der Waals surface area contributed by atoms with Crippen molar-refractivity contribution in [3.05, 3.63) is 23.2 Å². The van der Waals surface area contributed by atoms with Crippen molar-refractivity contribution in [2.24, 2.45) is 0 Å². The maximum atomic E-state index is 11.1. The number of fused-ring (bicyclic) bond motifs is 1. The number of aromatic carboxylic acids is 1. The lowest BCUT2D eigenvalue weighted by Crippen LogP contribution is -2.08. The fourth-order valence-corrected chi connectivity index (χ4v) is 3.15. The van der Waals surface area contributed by atoms with Gasteiger partial charge in [-0.1, -0.05) is 0 Å².